The molecular formula is C23H26N2O5S. The van der Waals surface area contributed by atoms with Gasteiger partial charge in [0.15, 0.2) is 0 Å². The van der Waals surface area contributed by atoms with Crippen LogP contribution in [0.15, 0.2) is 76.2 Å². The average Bonchev–Trinajstić information content (AvgIpc) is 3.25. The van der Waals surface area contributed by atoms with Crippen LogP contribution >= 0.6 is 0 Å². The summed E-state index contributed by atoms with van der Waals surface area (Å²) in [5.41, 5.74) is 2.32. The van der Waals surface area contributed by atoms with Crippen LogP contribution in [0.3, 0.4) is 0 Å². The third kappa shape index (κ3) is 6.78. The molecule has 3 aromatic rings. The predicted octanol–water partition coefficient (Wildman–Crippen LogP) is 3.61. The molecule has 2 N–H and O–H groups in total. The summed E-state index contributed by atoms with van der Waals surface area (Å²) in [7, 11) is -3.58. The van der Waals surface area contributed by atoms with Gasteiger partial charge in [-0.1, -0.05) is 24.3 Å². The van der Waals surface area contributed by atoms with Crippen LogP contribution in [0, 0.1) is 0 Å². The summed E-state index contributed by atoms with van der Waals surface area (Å²) in [5.74, 6) is 0.488. The zero-order valence-corrected chi connectivity index (χ0v) is 18.3. The lowest BCUT2D eigenvalue weighted by Gasteiger charge is -2.10. The highest BCUT2D eigenvalue weighted by atomic mass is 32.2. The Balaban J connectivity index is 1.53. The molecule has 1 amide bonds. The molecule has 0 aliphatic heterocycles. The molecule has 8 heteroatoms. The number of carbonyl (C=O) groups excluding carboxylic acids is 1. The molecule has 0 saturated carbocycles. The standard InChI is InChI=1S/C23H26N2O5S/c1-17(2)25-31(27,28)22-10-8-20(9-11-22)23(26)24-14-18-5-3-6-19(13-18)15-29-16-21-7-4-12-30-21/h3-13,17,25H,14-16H2,1-2H3,(H,24,26). The van der Waals surface area contributed by atoms with Crippen molar-refractivity contribution in [3.8, 4) is 0 Å². The highest BCUT2D eigenvalue weighted by Crippen LogP contribution is 2.12. The Kier molecular flexibility index (Phi) is 7.62. The summed E-state index contributed by atoms with van der Waals surface area (Å²) in [5, 5.41) is 2.85. The number of benzene rings is 2. The van der Waals surface area contributed by atoms with Crippen LogP contribution in [0.1, 0.15) is 41.1 Å². The number of furan rings is 1. The highest BCUT2D eigenvalue weighted by Gasteiger charge is 2.16. The minimum absolute atomic E-state index is 0.125. The van der Waals surface area contributed by atoms with E-state index in [-0.39, 0.29) is 16.8 Å². The monoisotopic (exact) mass is 442 g/mol. The lowest BCUT2D eigenvalue weighted by Crippen LogP contribution is -2.30. The molecular weight excluding hydrogens is 416 g/mol. The van der Waals surface area contributed by atoms with Gasteiger partial charge in [-0.05, 0) is 61.4 Å². The minimum Gasteiger partial charge on any atom is -0.467 e. The molecule has 0 unspecified atom stereocenters. The van der Waals surface area contributed by atoms with Crippen LogP contribution in [0.2, 0.25) is 0 Å². The number of hydrogen-bond acceptors (Lipinski definition) is 5. The van der Waals surface area contributed by atoms with Crippen molar-refractivity contribution in [2.75, 3.05) is 0 Å². The van der Waals surface area contributed by atoms with Crippen molar-refractivity contribution in [3.63, 3.8) is 0 Å². The zero-order valence-electron chi connectivity index (χ0n) is 17.5. The van der Waals surface area contributed by atoms with E-state index in [0.717, 1.165) is 16.9 Å². The molecule has 0 spiro atoms. The lowest BCUT2D eigenvalue weighted by atomic mass is 10.1. The number of hydrogen-bond donors (Lipinski definition) is 2. The van der Waals surface area contributed by atoms with Gasteiger partial charge < -0.3 is 14.5 Å². The maximum atomic E-state index is 12.4. The zero-order chi connectivity index (χ0) is 22.3. The van der Waals surface area contributed by atoms with E-state index in [9.17, 15) is 13.2 Å². The summed E-state index contributed by atoms with van der Waals surface area (Å²) in [6.07, 6.45) is 1.61. The minimum atomic E-state index is -3.58. The Labute approximate surface area is 182 Å². The molecule has 1 heterocycles. The normalized spacial score (nSPS) is 11.6. The number of ether oxygens (including phenoxy) is 1. The second kappa shape index (κ2) is 10.4. The molecule has 0 radical (unpaired) electrons. The fraction of sp³-hybridized carbons (Fsp3) is 0.261. The first kappa shape index (κ1) is 22.7. The van der Waals surface area contributed by atoms with Crippen LogP contribution in [0.4, 0.5) is 0 Å². The summed E-state index contributed by atoms with van der Waals surface area (Å²) >= 11 is 0. The Hall–Kier alpha value is -2.94. The first-order valence-corrected chi connectivity index (χ1v) is 11.4. The Morgan fingerprint density at radius 1 is 1.00 bits per heavy atom. The van der Waals surface area contributed by atoms with Crippen molar-refractivity contribution in [2.24, 2.45) is 0 Å². The van der Waals surface area contributed by atoms with Gasteiger partial charge in [0, 0.05) is 18.2 Å². The number of rotatable bonds is 10. The van der Waals surface area contributed by atoms with E-state index < -0.39 is 10.0 Å². The summed E-state index contributed by atoms with van der Waals surface area (Å²) in [4.78, 5) is 12.6. The van der Waals surface area contributed by atoms with Gasteiger partial charge in [-0.2, -0.15) is 0 Å². The molecule has 31 heavy (non-hydrogen) atoms. The molecule has 0 fully saturated rings. The topological polar surface area (TPSA) is 97.6 Å². The first-order chi connectivity index (χ1) is 14.8. The van der Waals surface area contributed by atoms with Crippen molar-refractivity contribution >= 4 is 15.9 Å². The van der Waals surface area contributed by atoms with E-state index in [0.29, 0.717) is 25.3 Å². The van der Waals surface area contributed by atoms with Gasteiger partial charge in [-0.15, -0.1) is 0 Å². The van der Waals surface area contributed by atoms with Crippen LogP contribution < -0.4 is 10.0 Å². The Bertz CT molecular complexity index is 1090. The van der Waals surface area contributed by atoms with E-state index >= 15 is 0 Å². The first-order valence-electron chi connectivity index (χ1n) is 9.92. The van der Waals surface area contributed by atoms with Crippen molar-refractivity contribution in [1.29, 1.82) is 0 Å². The van der Waals surface area contributed by atoms with Gasteiger partial charge in [0.1, 0.15) is 12.4 Å². The van der Waals surface area contributed by atoms with E-state index in [2.05, 4.69) is 10.0 Å². The third-order valence-electron chi connectivity index (χ3n) is 4.36. The molecule has 164 valence electrons. The van der Waals surface area contributed by atoms with Crippen LogP contribution in [-0.4, -0.2) is 20.4 Å². The van der Waals surface area contributed by atoms with Gasteiger partial charge in [-0.25, -0.2) is 13.1 Å². The molecule has 3 rings (SSSR count). The lowest BCUT2D eigenvalue weighted by molar-refractivity contribution is 0.0928. The van der Waals surface area contributed by atoms with Crippen molar-refractivity contribution in [2.45, 2.75) is 44.5 Å². The Morgan fingerprint density at radius 3 is 2.42 bits per heavy atom. The van der Waals surface area contributed by atoms with Gasteiger partial charge in [0.05, 0.1) is 17.8 Å². The average molecular weight is 443 g/mol. The number of carbonyl (C=O) groups is 1. The molecule has 0 saturated heterocycles. The van der Waals surface area contributed by atoms with Crippen molar-refractivity contribution < 1.29 is 22.4 Å². The smallest absolute Gasteiger partial charge is 0.251 e. The third-order valence-corrected chi connectivity index (χ3v) is 6.03. The largest absolute Gasteiger partial charge is 0.467 e. The van der Waals surface area contributed by atoms with E-state index in [1.165, 1.54) is 24.3 Å². The van der Waals surface area contributed by atoms with Crippen LogP contribution in [0.25, 0.3) is 0 Å². The van der Waals surface area contributed by atoms with Gasteiger partial charge in [-0.3, -0.25) is 4.79 Å². The SMILES string of the molecule is CC(C)NS(=O)(=O)c1ccc(C(=O)NCc2cccc(COCc3ccco3)c2)cc1. The van der Waals surface area contributed by atoms with Gasteiger partial charge in [0.2, 0.25) is 10.0 Å². The molecule has 7 nitrogen and oxygen atoms in total. The van der Waals surface area contributed by atoms with Crippen molar-refractivity contribution in [3.05, 3.63) is 89.4 Å². The maximum Gasteiger partial charge on any atom is 0.251 e. The second-order valence-electron chi connectivity index (χ2n) is 7.38. The van der Waals surface area contributed by atoms with Crippen LogP contribution in [-0.2, 0) is 34.5 Å². The van der Waals surface area contributed by atoms with E-state index in [1.54, 1.807) is 20.1 Å². The van der Waals surface area contributed by atoms with E-state index in [4.69, 9.17) is 9.15 Å². The quantitative estimate of drug-likeness (QED) is 0.500. The molecule has 2 aromatic carbocycles. The number of nitrogens with one attached hydrogen (secondary N) is 2. The van der Waals surface area contributed by atoms with Gasteiger partial charge >= 0.3 is 0 Å². The molecule has 0 atom stereocenters. The highest BCUT2D eigenvalue weighted by molar-refractivity contribution is 7.89. The van der Waals surface area contributed by atoms with E-state index in [1.807, 2.05) is 36.4 Å². The fourth-order valence-electron chi connectivity index (χ4n) is 2.94. The Morgan fingerprint density at radius 2 is 1.74 bits per heavy atom. The van der Waals surface area contributed by atoms with Crippen molar-refractivity contribution in [1.82, 2.24) is 10.0 Å². The summed E-state index contributed by atoms with van der Waals surface area (Å²) in [6.45, 7) is 4.67. The summed E-state index contributed by atoms with van der Waals surface area (Å²) in [6, 6.07) is 17.1. The molecule has 0 aliphatic carbocycles. The van der Waals surface area contributed by atoms with Gasteiger partial charge in [0.25, 0.3) is 5.91 Å². The molecule has 1 aromatic heterocycles. The number of amides is 1. The molecule has 0 bridgehead atoms. The number of sulfonamides is 1. The molecule has 0 aliphatic rings. The second-order valence-corrected chi connectivity index (χ2v) is 9.09. The fourth-order valence-corrected chi connectivity index (χ4v) is 4.19. The summed E-state index contributed by atoms with van der Waals surface area (Å²) < 4.78 is 37.8. The maximum absolute atomic E-state index is 12.4. The van der Waals surface area contributed by atoms with Crippen LogP contribution in [0.5, 0.6) is 0 Å². The predicted molar refractivity (Wildman–Crippen MR) is 117 cm³/mol.